The van der Waals surface area contributed by atoms with Crippen LogP contribution < -0.4 is 9.47 Å². The van der Waals surface area contributed by atoms with Crippen LogP contribution in [0, 0.1) is 0 Å². The number of aromatic nitrogens is 5. The molecule has 0 aliphatic carbocycles. The zero-order chi connectivity index (χ0) is 20.5. The van der Waals surface area contributed by atoms with E-state index in [2.05, 4.69) is 20.4 Å². The Bertz CT molecular complexity index is 1190. The van der Waals surface area contributed by atoms with E-state index in [1.54, 1.807) is 6.07 Å². The predicted octanol–water partition coefficient (Wildman–Crippen LogP) is 4.32. The molecule has 5 rings (SSSR count). The highest BCUT2D eigenvalue weighted by Crippen LogP contribution is 2.36. The monoisotopic (exact) mass is 441 g/mol. The first kappa shape index (κ1) is 19.0. The Morgan fingerprint density at radius 3 is 2.70 bits per heavy atom. The number of rotatable bonds is 5. The lowest BCUT2D eigenvalue weighted by atomic mass is 10.2. The van der Waals surface area contributed by atoms with Crippen LogP contribution in [0.25, 0.3) is 11.5 Å². The second-order valence-electron chi connectivity index (χ2n) is 6.53. The van der Waals surface area contributed by atoms with Crippen molar-refractivity contribution in [3.05, 3.63) is 65.3 Å². The lowest BCUT2D eigenvalue weighted by Crippen LogP contribution is -2.24. The van der Waals surface area contributed by atoms with Gasteiger partial charge in [-0.3, -0.25) is 0 Å². The Balaban J connectivity index is 1.28. The van der Waals surface area contributed by atoms with Gasteiger partial charge in [0.05, 0.1) is 16.3 Å². The van der Waals surface area contributed by atoms with Crippen molar-refractivity contribution in [1.82, 2.24) is 25.0 Å². The normalized spacial score (nSPS) is 15.3. The molecule has 1 aliphatic heterocycles. The minimum absolute atomic E-state index is 0.332. The first-order chi connectivity index (χ1) is 14.7. The minimum atomic E-state index is -0.332. The van der Waals surface area contributed by atoms with Gasteiger partial charge >= 0.3 is 0 Å². The quantitative estimate of drug-likeness (QED) is 0.423. The molecule has 0 saturated carbocycles. The second kappa shape index (κ2) is 8.00. The summed E-state index contributed by atoms with van der Waals surface area (Å²) in [5.74, 6) is 3.44. The van der Waals surface area contributed by atoms with Crippen LogP contribution in [0.3, 0.4) is 0 Å². The maximum atomic E-state index is 6.19. The number of ether oxygens (including phenoxy) is 2. The molecule has 2 aromatic carbocycles. The summed E-state index contributed by atoms with van der Waals surface area (Å²) in [5.41, 5.74) is 0.707. The number of para-hydroxylation sites is 2. The van der Waals surface area contributed by atoms with Crippen molar-refractivity contribution in [2.75, 3.05) is 6.61 Å². The molecule has 0 saturated heterocycles. The van der Waals surface area contributed by atoms with E-state index in [4.69, 9.17) is 25.5 Å². The van der Waals surface area contributed by atoms with Crippen LogP contribution >= 0.6 is 23.4 Å². The highest BCUT2D eigenvalue weighted by Gasteiger charge is 2.27. The number of hydrogen-bond donors (Lipinski definition) is 0. The third kappa shape index (κ3) is 3.61. The molecular weight excluding hydrogens is 426 g/mol. The molecule has 4 aromatic rings. The minimum Gasteiger partial charge on any atom is -0.485 e. The number of benzene rings is 2. The average molecular weight is 442 g/mol. The third-order valence-corrected chi connectivity index (χ3v) is 5.90. The Kier molecular flexibility index (Phi) is 5.06. The smallest absolute Gasteiger partial charge is 0.249 e. The molecule has 0 unspecified atom stereocenters. The van der Waals surface area contributed by atoms with E-state index >= 15 is 0 Å². The summed E-state index contributed by atoms with van der Waals surface area (Å²) in [6, 6.07) is 14.9. The molecule has 0 radical (unpaired) electrons. The van der Waals surface area contributed by atoms with Crippen LogP contribution in [0.4, 0.5) is 0 Å². The van der Waals surface area contributed by atoms with E-state index in [1.807, 2.05) is 54.1 Å². The first-order valence-corrected chi connectivity index (χ1v) is 10.5. The molecule has 0 N–H and O–H groups in total. The summed E-state index contributed by atoms with van der Waals surface area (Å²) in [6.07, 6.45) is -0.332. The molecule has 2 aromatic heterocycles. The van der Waals surface area contributed by atoms with Gasteiger partial charge in [0.25, 0.3) is 0 Å². The highest BCUT2D eigenvalue weighted by atomic mass is 35.5. The summed E-state index contributed by atoms with van der Waals surface area (Å²) >= 11 is 7.64. The molecule has 0 bridgehead atoms. The largest absolute Gasteiger partial charge is 0.485 e. The fraction of sp³-hybridized carbons (Fsp3) is 0.200. The van der Waals surface area contributed by atoms with Crippen molar-refractivity contribution in [1.29, 1.82) is 0 Å². The maximum absolute atomic E-state index is 6.19. The molecule has 3 heterocycles. The lowest BCUT2D eigenvalue weighted by molar-refractivity contribution is 0.0825. The van der Waals surface area contributed by atoms with Crippen LogP contribution in [0.1, 0.15) is 17.8 Å². The topological polar surface area (TPSA) is 88.1 Å². The summed E-state index contributed by atoms with van der Waals surface area (Å²) in [6.45, 7) is 0.374. The van der Waals surface area contributed by atoms with E-state index in [1.165, 1.54) is 11.8 Å². The predicted molar refractivity (Wildman–Crippen MR) is 111 cm³/mol. The van der Waals surface area contributed by atoms with Crippen LogP contribution in [-0.2, 0) is 12.8 Å². The molecule has 0 spiro atoms. The molecular formula is C20H16ClN5O3S. The fourth-order valence-corrected chi connectivity index (χ4v) is 4.03. The molecule has 30 heavy (non-hydrogen) atoms. The SMILES string of the molecule is Cn1c(SCc2nnc(-c3ccccc3Cl)o2)nnc1[C@H]1COc2ccccc2O1. The Morgan fingerprint density at radius 1 is 1.03 bits per heavy atom. The van der Waals surface area contributed by atoms with Gasteiger partial charge in [-0.15, -0.1) is 20.4 Å². The number of nitrogens with zero attached hydrogens (tertiary/aromatic N) is 5. The van der Waals surface area contributed by atoms with Gasteiger partial charge in [-0.1, -0.05) is 47.6 Å². The highest BCUT2D eigenvalue weighted by molar-refractivity contribution is 7.98. The van der Waals surface area contributed by atoms with Crippen molar-refractivity contribution in [2.24, 2.45) is 7.05 Å². The van der Waals surface area contributed by atoms with Gasteiger partial charge in [0.2, 0.25) is 11.8 Å². The zero-order valence-corrected chi connectivity index (χ0v) is 17.4. The van der Waals surface area contributed by atoms with Gasteiger partial charge in [0, 0.05) is 7.05 Å². The van der Waals surface area contributed by atoms with E-state index in [9.17, 15) is 0 Å². The van der Waals surface area contributed by atoms with Crippen molar-refractivity contribution in [3.8, 4) is 23.0 Å². The standard InChI is InChI=1S/C20H16ClN5O3S/c1-26-18(16-10-27-14-8-4-5-9-15(14)28-16)23-25-20(26)30-11-17-22-24-19(29-17)12-6-2-3-7-13(12)21/h2-9,16H,10-11H2,1H3/t16-/m1/s1. The summed E-state index contributed by atoms with van der Waals surface area (Å²) in [5, 5.41) is 18.0. The number of thioether (sulfide) groups is 1. The number of halogens is 1. The van der Waals surface area contributed by atoms with Crippen LogP contribution in [0.5, 0.6) is 11.5 Å². The average Bonchev–Trinajstić information content (AvgIpc) is 3.39. The fourth-order valence-electron chi connectivity index (χ4n) is 3.06. The summed E-state index contributed by atoms with van der Waals surface area (Å²) in [4.78, 5) is 0. The lowest BCUT2D eigenvalue weighted by Gasteiger charge is -2.25. The third-order valence-electron chi connectivity index (χ3n) is 4.56. The second-order valence-corrected chi connectivity index (χ2v) is 7.88. The van der Waals surface area contributed by atoms with E-state index < -0.39 is 0 Å². The zero-order valence-electron chi connectivity index (χ0n) is 15.9. The number of hydrogen-bond acceptors (Lipinski definition) is 8. The van der Waals surface area contributed by atoms with Crippen LogP contribution in [0.15, 0.2) is 58.1 Å². The van der Waals surface area contributed by atoms with Crippen molar-refractivity contribution >= 4 is 23.4 Å². The Morgan fingerprint density at radius 2 is 1.83 bits per heavy atom. The van der Waals surface area contributed by atoms with Gasteiger partial charge in [0.1, 0.15) is 6.61 Å². The molecule has 8 nitrogen and oxygen atoms in total. The van der Waals surface area contributed by atoms with Gasteiger partial charge < -0.3 is 18.5 Å². The summed E-state index contributed by atoms with van der Waals surface area (Å²) < 4.78 is 19.4. The molecule has 152 valence electrons. The molecule has 0 fully saturated rings. The van der Waals surface area contributed by atoms with Gasteiger partial charge in [-0.2, -0.15) is 0 Å². The first-order valence-electron chi connectivity index (χ1n) is 9.17. The molecule has 10 heteroatoms. The molecule has 1 atom stereocenters. The van der Waals surface area contributed by atoms with Crippen molar-refractivity contribution in [3.63, 3.8) is 0 Å². The molecule has 0 amide bonds. The molecule has 1 aliphatic rings. The van der Waals surface area contributed by atoms with Gasteiger partial charge in [-0.05, 0) is 24.3 Å². The van der Waals surface area contributed by atoms with E-state index in [-0.39, 0.29) is 6.10 Å². The van der Waals surface area contributed by atoms with E-state index in [0.717, 1.165) is 5.75 Å². The Hall–Kier alpha value is -3.04. The number of fused-ring (bicyclic) bond motifs is 1. The van der Waals surface area contributed by atoms with Gasteiger partial charge in [-0.25, -0.2) is 0 Å². The van der Waals surface area contributed by atoms with Crippen LogP contribution in [-0.4, -0.2) is 31.6 Å². The van der Waals surface area contributed by atoms with Gasteiger partial charge in [0.15, 0.2) is 28.6 Å². The van der Waals surface area contributed by atoms with Crippen molar-refractivity contribution < 1.29 is 13.9 Å². The van der Waals surface area contributed by atoms with Crippen LogP contribution in [0.2, 0.25) is 5.02 Å². The van der Waals surface area contributed by atoms with Crippen molar-refractivity contribution in [2.45, 2.75) is 17.0 Å². The Labute approximate surface area is 181 Å². The maximum Gasteiger partial charge on any atom is 0.249 e. The van der Waals surface area contributed by atoms with E-state index in [0.29, 0.717) is 51.5 Å². The summed E-state index contributed by atoms with van der Waals surface area (Å²) in [7, 11) is 1.89.